The number of hydrogen-bond donors (Lipinski definition) is 2. The number of anilines is 2. The SMILES string of the molecule is COc1cc(N=Nc2ccc(/C=C/c3ccc(-n4nc5ccc6c(S(=O)(=O)[O-])cc(S(=O)(=O)[O-])cc6c5n4)cc3S(=O)(=O)[O-])c(S(=O)(=O)[O-])c2)c(C)cc1NC(=O)Nc1cc(C)c(N=Nc2ccc(/C=C/c3ccc(-n4nc5ccc6c(S(=O)(=O)[O-])cc(S(=O)(=O)[O-])cc6c5n4)cc3S(=O)(=O)[O-])c(S(=O)(=O)[O-])c2)cc1OC.[Na+].[Na+].[Na+].[Na+].[Na+].[Na+].[Na+].[Na+]. The standard InChI is InChI=1S/C65H50N12O27S8.8Na/c1-33-21-53(55(103-3)31-51(33)70-68-39-13-9-35(57(23-39)107(85,86)87)5-7-37-11-15-41(25-59(37)109(91,92)93)76-72-49-19-17-45-47(63(49)74-76)27-43(105(79,80)81)29-61(45)111(97,98)99)66-65(78)67-54-22-34(2)52(32-56(54)104-4)71-69-40-14-10-36(58(24-40)108(88,89)90)6-8-38-12-16-42(26-60(38)110(94,95)96)77-73-50-20-18-46-48(64(50)75-77)28-44(106(82,83)84)30-62(46)112(100,101)102;;;;;;;;/h5-32H,1-4H3,(H2,66,67,78)(H,79,80,81)(H,82,83,84)(H,85,86,87)(H,88,89,90)(H,91,92,93)(H,94,95,96)(H,97,98,99)(H,100,101,102);;;;;;;;/q;8*+1/p-8/b7-5+,8-6+,70-68?,71-69?;;;;;;;;. The van der Waals surface area contributed by atoms with Crippen LogP contribution >= 0.6 is 0 Å². The molecule has 2 aromatic heterocycles. The Kier molecular flexibility index (Phi) is 38.1. The Bertz CT molecular complexity index is 6840. The number of carbonyl (C=O) groups excluding carboxylic acids is 1. The van der Waals surface area contributed by atoms with Gasteiger partial charge in [-0.15, -0.1) is 20.4 Å². The van der Waals surface area contributed by atoms with Crippen molar-refractivity contribution in [2.24, 2.45) is 20.5 Å². The molecule has 12 rings (SSSR count). The molecule has 0 saturated carbocycles. The maximum atomic E-state index is 13.6. The summed E-state index contributed by atoms with van der Waals surface area (Å²) in [6.45, 7) is 3.11. The predicted molar refractivity (Wildman–Crippen MR) is 384 cm³/mol. The zero-order valence-corrected chi connectivity index (χ0v) is 87.0. The van der Waals surface area contributed by atoms with E-state index in [0.29, 0.717) is 23.3 Å². The molecule has 12 aromatic rings. The molecule has 2 heterocycles. The van der Waals surface area contributed by atoms with E-state index >= 15 is 0 Å². The van der Waals surface area contributed by atoms with E-state index in [2.05, 4.69) is 51.5 Å². The fourth-order valence-electron chi connectivity index (χ4n) is 11.3. The van der Waals surface area contributed by atoms with Gasteiger partial charge in [0.05, 0.1) is 98.9 Å². The first-order valence-electron chi connectivity index (χ1n) is 30.7. The van der Waals surface area contributed by atoms with Crippen LogP contribution < -0.4 is 257 Å². The first-order chi connectivity index (χ1) is 52.1. The van der Waals surface area contributed by atoms with Gasteiger partial charge in [-0.1, -0.05) is 60.7 Å². The number of carbonyl (C=O) groups is 1. The minimum atomic E-state index is -5.40. The average Bonchev–Trinajstić information content (AvgIpc) is 1.49. The number of nitrogens with one attached hydrogen (secondary N) is 2. The molecule has 0 unspecified atom stereocenters. The molecule has 55 heteroatoms. The van der Waals surface area contributed by atoms with Gasteiger partial charge in [0.25, 0.3) is 0 Å². The van der Waals surface area contributed by atoms with Gasteiger partial charge < -0.3 is 56.5 Å². The van der Waals surface area contributed by atoms with Crippen LogP contribution in [0.15, 0.2) is 205 Å². The Balaban J connectivity index is 0.00000378. The molecule has 0 radical (unpaired) electrons. The van der Waals surface area contributed by atoms with E-state index in [9.17, 15) is 109 Å². The van der Waals surface area contributed by atoms with E-state index in [1.807, 2.05) is 0 Å². The molecule has 2 amide bonds. The summed E-state index contributed by atoms with van der Waals surface area (Å²) in [6.07, 6.45) is 4.02. The number of urea groups is 1. The van der Waals surface area contributed by atoms with E-state index in [0.717, 1.165) is 107 Å². The molecule has 0 saturated heterocycles. The number of aromatic nitrogens is 6. The van der Waals surface area contributed by atoms with Crippen molar-refractivity contribution >= 4 is 189 Å². The molecule has 0 aliphatic rings. The summed E-state index contributed by atoms with van der Waals surface area (Å²) in [6, 6.07) is 24.2. The van der Waals surface area contributed by atoms with Crippen molar-refractivity contribution in [3.05, 3.63) is 179 Å². The van der Waals surface area contributed by atoms with Gasteiger partial charge >= 0.3 is 242 Å². The molecular weight excluding hydrogens is 1820 g/mol. The van der Waals surface area contributed by atoms with Crippen LogP contribution in [0, 0.1) is 13.8 Å². The molecule has 0 spiro atoms. The summed E-state index contributed by atoms with van der Waals surface area (Å²) >= 11 is 0. The summed E-state index contributed by atoms with van der Waals surface area (Å²) in [7, 11) is -40.4. The van der Waals surface area contributed by atoms with Gasteiger partial charge in [0.1, 0.15) is 115 Å². The molecule has 580 valence electrons. The molecular formula is C65H42N12Na8O27S8. The van der Waals surface area contributed by atoms with Crippen LogP contribution in [-0.2, 0) is 80.9 Å². The minimum absolute atomic E-state index is 0. The Morgan fingerprint density at radius 1 is 0.342 bits per heavy atom. The summed E-state index contributed by atoms with van der Waals surface area (Å²) in [5.41, 5.74) is -1.71. The first kappa shape index (κ1) is 109. The topological polar surface area (TPSA) is 628 Å². The molecule has 0 aliphatic heterocycles. The molecule has 0 atom stereocenters. The normalized spacial score (nSPS) is 12.2. The van der Waals surface area contributed by atoms with E-state index in [1.54, 1.807) is 13.8 Å². The van der Waals surface area contributed by atoms with Crippen molar-refractivity contribution in [3.63, 3.8) is 0 Å². The number of methoxy groups -OCH3 is 2. The Morgan fingerprint density at radius 3 is 0.933 bits per heavy atom. The smallest absolute Gasteiger partial charge is 0.744 e. The zero-order valence-electron chi connectivity index (χ0n) is 64.4. The fraction of sp³-hybridized carbons (Fsp3) is 0.0615. The van der Waals surface area contributed by atoms with Crippen molar-refractivity contribution in [3.8, 4) is 22.9 Å². The second-order valence-corrected chi connectivity index (χ2v) is 34.6. The van der Waals surface area contributed by atoms with Crippen molar-refractivity contribution < 1.29 is 354 Å². The van der Waals surface area contributed by atoms with Gasteiger partial charge in [0.2, 0.25) is 0 Å². The minimum Gasteiger partial charge on any atom is -0.744 e. The van der Waals surface area contributed by atoms with Crippen molar-refractivity contribution in [2.45, 2.75) is 53.0 Å². The molecule has 0 fully saturated rings. The van der Waals surface area contributed by atoms with Crippen LogP contribution in [0.1, 0.15) is 33.4 Å². The van der Waals surface area contributed by atoms with Gasteiger partial charge in [-0.2, -0.15) is 30.1 Å². The van der Waals surface area contributed by atoms with Gasteiger partial charge in [0, 0.05) is 33.7 Å². The predicted octanol–water partition coefficient (Wildman–Crippen LogP) is -15.8. The summed E-state index contributed by atoms with van der Waals surface area (Å²) in [5, 5.41) is 37.2. The second-order valence-electron chi connectivity index (χ2n) is 23.7. The number of azo groups is 2. The number of rotatable bonds is 22. The van der Waals surface area contributed by atoms with Crippen LogP contribution in [0.5, 0.6) is 11.5 Å². The first-order valence-corrected chi connectivity index (χ1v) is 42.0. The van der Waals surface area contributed by atoms with E-state index in [1.165, 1.54) is 74.9 Å². The maximum absolute atomic E-state index is 13.6. The molecule has 2 N–H and O–H groups in total. The summed E-state index contributed by atoms with van der Waals surface area (Å²) in [5.74, 6) is 0.0417. The molecule has 10 aromatic carbocycles. The average molecular weight is 1860 g/mol. The van der Waals surface area contributed by atoms with E-state index < -0.39 is 126 Å². The number of ether oxygens (including phenoxy) is 2. The Morgan fingerprint density at radius 2 is 0.642 bits per heavy atom. The van der Waals surface area contributed by atoms with E-state index in [4.69, 9.17) is 9.47 Å². The third-order valence-electron chi connectivity index (χ3n) is 16.4. The number of hydrogen-bond acceptors (Lipinski definition) is 35. The molecule has 0 aliphatic carbocycles. The van der Waals surface area contributed by atoms with Crippen molar-refractivity contribution in [1.82, 2.24) is 30.0 Å². The summed E-state index contributed by atoms with van der Waals surface area (Å²) < 4.78 is 308. The van der Waals surface area contributed by atoms with Gasteiger partial charge in [-0.05, 0) is 144 Å². The van der Waals surface area contributed by atoms with Crippen LogP contribution in [-0.4, -0.2) is 154 Å². The third-order valence-corrected chi connectivity index (χ3v) is 23.4. The quantitative estimate of drug-likeness (QED) is 0.0275. The molecule has 0 bridgehead atoms. The van der Waals surface area contributed by atoms with Crippen molar-refractivity contribution in [2.75, 3.05) is 24.9 Å². The number of nitrogens with zero attached hydrogens (tertiary/aromatic N) is 10. The second kappa shape index (κ2) is 42.1. The number of amides is 2. The monoisotopic (exact) mass is 1860 g/mol. The fourth-order valence-corrected chi connectivity index (χ4v) is 16.7. The van der Waals surface area contributed by atoms with Gasteiger partial charge in [0.15, 0.2) is 0 Å². The number of benzene rings is 10. The van der Waals surface area contributed by atoms with Crippen LogP contribution in [0.25, 0.3) is 79.3 Å². The molecule has 120 heavy (non-hydrogen) atoms. The Hall–Kier alpha value is -3.65. The van der Waals surface area contributed by atoms with Crippen molar-refractivity contribution in [1.29, 1.82) is 0 Å². The van der Waals surface area contributed by atoms with Crippen LogP contribution in [0.2, 0.25) is 0 Å². The third kappa shape index (κ3) is 25.0. The van der Waals surface area contributed by atoms with Crippen LogP contribution in [0.4, 0.5) is 38.9 Å². The Labute approximate surface area is 860 Å². The maximum Gasteiger partial charge on any atom is 1.00 e. The largest absolute Gasteiger partial charge is 1.00 e. The van der Waals surface area contributed by atoms with Gasteiger partial charge in [-0.25, -0.2) is 72.1 Å². The summed E-state index contributed by atoms with van der Waals surface area (Å²) in [4.78, 5) is 7.30. The van der Waals surface area contributed by atoms with E-state index in [-0.39, 0.29) is 359 Å². The number of fused-ring (bicyclic) bond motifs is 6. The number of aryl methyl sites for hydroxylation is 2. The van der Waals surface area contributed by atoms with Crippen LogP contribution in [0.3, 0.4) is 0 Å². The zero-order chi connectivity index (χ0) is 81.5. The van der Waals surface area contributed by atoms with Gasteiger partial charge in [-0.3, -0.25) is 0 Å². The molecule has 39 nitrogen and oxygen atoms in total.